The molecule has 5 heteroatoms. The Kier molecular flexibility index (Phi) is 4.27. The predicted octanol–water partition coefficient (Wildman–Crippen LogP) is 3.13. The summed E-state index contributed by atoms with van der Waals surface area (Å²) < 4.78 is 0. The number of rotatable bonds is 4. The predicted molar refractivity (Wildman–Crippen MR) is 78.0 cm³/mol. The van der Waals surface area contributed by atoms with Gasteiger partial charge in [0.25, 0.3) is 0 Å². The van der Waals surface area contributed by atoms with Crippen molar-refractivity contribution in [1.29, 1.82) is 10.5 Å². The Morgan fingerprint density at radius 2 is 1.71 bits per heavy atom. The van der Waals surface area contributed by atoms with Crippen molar-refractivity contribution in [3.8, 4) is 12.1 Å². The maximum Gasteiger partial charge on any atom is 0.197 e. The van der Waals surface area contributed by atoms with Crippen LogP contribution in [0, 0.1) is 35.5 Å². The second-order valence-corrected chi connectivity index (χ2v) is 5.68. The molecule has 1 aromatic carbocycles. The average Bonchev–Trinajstić information content (AvgIpc) is 2.94. The molecule has 1 atom stereocenters. The number of carbonyl (C=O) groups is 2. The van der Waals surface area contributed by atoms with E-state index in [0.29, 0.717) is 10.4 Å². The molecule has 0 spiro atoms. The Morgan fingerprint density at radius 1 is 1.05 bits per heavy atom. The average molecular weight is 294 g/mol. The zero-order valence-electron chi connectivity index (χ0n) is 11.2. The highest BCUT2D eigenvalue weighted by molar-refractivity contribution is 7.14. The fraction of sp³-hybridized carbons (Fsp3) is 0.125. The van der Waals surface area contributed by atoms with E-state index in [9.17, 15) is 9.59 Å². The van der Waals surface area contributed by atoms with Crippen LogP contribution in [0.2, 0.25) is 0 Å². The molecule has 0 N–H and O–H groups in total. The summed E-state index contributed by atoms with van der Waals surface area (Å²) in [5.41, 5.74) is 0.669. The summed E-state index contributed by atoms with van der Waals surface area (Å²) in [6.45, 7) is 1.85. The maximum atomic E-state index is 12.3. The van der Waals surface area contributed by atoms with Crippen LogP contribution in [0.15, 0.2) is 36.4 Å². The molecule has 0 amide bonds. The third kappa shape index (κ3) is 3.05. The van der Waals surface area contributed by atoms with E-state index in [0.717, 1.165) is 4.88 Å². The number of ketones is 2. The van der Waals surface area contributed by atoms with Crippen molar-refractivity contribution >= 4 is 22.9 Å². The number of Topliss-reactive ketones (excluding diaryl/α,β-unsaturated/α-hetero) is 2. The van der Waals surface area contributed by atoms with Crippen LogP contribution < -0.4 is 0 Å². The van der Waals surface area contributed by atoms with E-state index >= 15 is 0 Å². The SMILES string of the molecule is Cc1ccc(C(=O)C(C#N)C(=O)c2ccc(C#N)cc2)s1. The summed E-state index contributed by atoms with van der Waals surface area (Å²) in [6.07, 6.45) is 0. The Hall–Kier alpha value is -2.76. The van der Waals surface area contributed by atoms with Crippen molar-refractivity contribution in [2.75, 3.05) is 0 Å². The van der Waals surface area contributed by atoms with Gasteiger partial charge in [0, 0.05) is 10.4 Å². The first kappa shape index (κ1) is 14.6. The maximum absolute atomic E-state index is 12.3. The lowest BCUT2D eigenvalue weighted by Crippen LogP contribution is -2.22. The normalized spacial score (nSPS) is 11.2. The van der Waals surface area contributed by atoms with Crippen molar-refractivity contribution in [1.82, 2.24) is 0 Å². The van der Waals surface area contributed by atoms with Crippen LogP contribution in [0.25, 0.3) is 0 Å². The van der Waals surface area contributed by atoms with Crippen LogP contribution in [0.5, 0.6) is 0 Å². The standard InChI is InChI=1S/C16H10N2O2S/c1-10-2-7-14(21-10)16(20)13(9-18)15(19)12-5-3-11(8-17)4-6-12/h2-7,13H,1H3. The number of nitriles is 2. The van der Waals surface area contributed by atoms with Gasteiger partial charge in [0.2, 0.25) is 0 Å². The molecule has 4 nitrogen and oxygen atoms in total. The molecule has 0 saturated heterocycles. The van der Waals surface area contributed by atoms with E-state index in [1.54, 1.807) is 18.2 Å². The summed E-state index contributed by atoms with van der Waals surface area (Å²) in [6, 6.07) is 13.0. The summed E-state index contributed by atoms with van der Waals surface area (Å²) in [5, 5.41) is 17.9. The van der Waals surface area contributed by atoms with Crippen molar-refractivity contribution < 1.29 is 9.59 Å². The van der Waals surface area contributed by atoms with Crippen LogP contribution >= 0.6 is 11.3 Å². The molecule has 1 heterocycles. The minimum atomic E-state index is -1.35. The first-order valence-corrected chi connectivity index (χ1v) is 6.93. The minimum Gasteiger partial charge on any atom is -0.292 e. The largest absolute Gasteiger partial charge is 0.292 e. The molecule has 1 aromatic heterocycles. The molecular weight excluding hydrogens is 284 g/mol. The van der Waals surface area contributed by atoms with E-state index in [1.165, 1.54) is 35.6 Å². The molecule has 1 unspecified atom stereocenters. The van der Waals surface area contributed by atoms with Crippen molar-refractivity contribution in [2.24, 2.45) is 5.92 Å². The monoisotopic (exact) mass is 294 g/mol. The molecule has 0 bridgehead atoms. The number of carbonyl (C=O) groups excluding carboxylic acids is 2. The summed E-state index contributed by atoms with van der Waals surface area (Å²) in [4.78, 5) is 25.9. The van der Waals surface area contributed by atoms with Crippen molar-refractivity contribution in [3.05, 3.63) is 57.3 Å². The van der Waals surface area contributed by atoms with Gasteiger partial charge in [-0.1, -0.05) is 12.1 Å². The summed E-state index contributed by atoms with van der Waals surface area (Å²) >= 11 is 1.26. The van der Waals surface area contributed by atoms with Gasteiger partial charge < -0.3 is 0 Å². The Morgan fingerprint density at radius 3 is 2.19 bits per heavy atom. The highest BCUT2D eigenvalue weighted by Crippen LogP contribution is 2.21. The Bertz CT molecular complexity index is 776. The van der Waals surface area contributed by atoms with E-state index in [4.69, 9.17) is 10.5 Å². The highest BCUT2D eigenvalue weighted by Gasteiger charge is 2.29. The van der Waals surface area contributed by atoms with E-state index in [-0.39, 0.29) is 5.56 Å². The van der Waals surface area contributed by atoms with Crippen LogP contribution in [0.1, 0.15) is 30.5 Å². The van der Waals surface area contributed by atoms with Crippen LogP contribution in [0.4, 0.5) is 0 Å². The first-order valence-electron chi connectivity index (χ1n) is 6.11. The number of aryl methyl sites for hydroxylation is 1. The Balaban J connectivity index is 2.28. The molecule has 0 saturated carbocycles. The van der Waals surface area contributed by atoms with Crippen molar-refractivity contribution in [2.45, 2.75) is 6.92 Å². The smallest absolute Gasteiger partial charge is 0.197 e. The molecule has 21 heavy (non-hydrogen) atoms. The summed E-state index contributed by atoms with van der Waals surface area (Å²) in [5.74, 6) is -2.38. The number of hydrogen-bond donors (Lipinski definition) is 0. The van der Waals surface area contributed by atoms with Gasteiger partial charge in [-0.3, -0.25) is 9.59 Å². The number of hydrogen-bond acceptors (Lipinski definition) is 5. The third-order valence-corrected chi connectivity index (χ3v) is 3.95. The van der Waals surface area contributed by atoms with Gasteiger partial charge in [0.15, 0.2) is 17.5 Å². The van der Waals surface area contributed by atoms with E-state index in [2.05, 4.69) is 0 Å². The van der Waals surface area contributed by atoms with Gasteiger partial charge in [0.1, 0.15) is 0 Å². The first-order chi connectivity index (χ1) is 10.1. The molecule has 0 aliphatic carbocycles. The minimum absolute atomic E-state index is 0.252. The van der Waals surface area contributed by atoms with Crippen LogP contribution in [0.3, 0.4) is 0 Å². The van der Waals surface area contributed by atoms with Gasteiger partial charge in [-0.2, -0.15) is 10.5 Å². The van der Waals surface area contributed by atoms with E-state index in [1.807, 2.05) is 13.0 Å². The number of thiophene rings is 1. The van der Waals surface area contributed by atoms with Gasteiger partial charge in [-0.15, -0.1) is 11.3 Å². The fourth-order valence-electron chi connectivity index (χ4n) is 1.82. The zero-order chi connectivity index (χ0) is 15.4. The van der Waals surface area contributed by atoms with Crippen LogP contribution in [-0.4, -0.2) is 11.6 Å². The molecule has 102 valence electrons. The Labute approximate surface area is 125 Å². The lowest BCUT2D eigenvalue weighted by molar-refractivity contribution is 0.0848. The molecule has 2 aromatic rings. The third-order valence-electron chi connectivity index (χ3n) is 2.94. The van der Waals surface area contributed by atoms with Crippen LogP contribution in [-0.2, 0) is 0 Å². The quantitative estimate of drug-likeness (QED) is 0.640. The zero-order valence-corrected chi connectivity index (χ0v) is 12.0. The second-order valence-electron chi connectivity index (χ2n) is 4.39. The van der Waals surface area contributed by atoms with E-state index < -0.39 is 17.5 Å². The van der Waals surface area contributed by atoms with Gasteiger partial charge in [0.05, 0.1) is 22.6 Å². The molecule has 0 fully saturated rings. The molecule has 0 aliphatic heterocycles. The topological polar surface area (TPSA) is 81.7 Å². The molecule has 2 rings (SSSR count). The number of benzene rings is 1. The van der Waals surface area contributed by atoms with Crippen molar-refractivity contribution in [3.63, 3.8) is 0 Å². The van der Waals surface area contributed by atoms with Gasteiger partial charge in [-0.25, -0.2) is 0 Å². The number of nitrogens with zero attached hydrogens (tertiary/aromatic N) is 2. The lowest BCUT2D eigenvalue weighted by Gasteiger charge is -2.06. The molecule has 0 aliphatic rings. The summed E-state index contributed by atoms with van der Waals surface area (Å²) in [7, 11) is 0. The lowest BCUT2D eigenvalue weighted by atomic mass is 9.94. The second kappa shape index (κ2) is 6.13. The fourth-order valence-corrected chi connectivity index (χ4v) is 2.66. The van der Waals surface area contributed by atoms with Gasteiger partial charge >= 0.3 is 0 Å². The molecular formula is C16H10N2O2S. The highest BCUT2D eigenvalue weighted by atomic mass is 32.1. The van der Waals surface area contributed by atoms with Gasteiger partial charge in [-0.05, 0) is 31.2 Å². The molecule has 0 radical (unpaired) electrons.